The van der Waals surface area contributed by atoms with Crippen LogP contribution >= 0.6 is 0 Å². The van der Waals surface area contributed by atoms with Crippen LogP contribution in [0.3, 0.4) is 0 Å². The summed E-state index contributed by atoms with van der Waals surface area (Å²) in [6.45, 7) is 2.12. The second-order valence-electron chi connectivity index (χ2n) is 6.35. The van der Waals surface area contributed by atoms with Gasteiger partial charge in [0.05, 0.1) is 7.11 Å². The molecule has 25 heavy (non-hydrogen) atoms. The first-order chi connectivity index (χ1) is 12.1. The van der Waals surface area contributed by atoms with E-state index in [-0.39, 0.29) is 17.8 Å². The maximum Gasteiger partial charge on any atom is 0.224 e. The smallest absolute Gasteiger partial charge is 0.224 e. The van der Waals surface area contributed by atoms with Gasteiger partial charge in [-0.3, -0.25) is 4.79 Å². The van der Waals surface area contributed by atoms with E-state index >= 15 is 0 Å². The molecule has 2 aromatic carbocycles. The Morgan fingerprint density at radius 3 is 2.48 bits per heavy atom. The third kappa shape index (κ3) is 4.79. The molecule has 0 spiro atoms. The molecule has 1 heterocycles. The summed E-state index contributed by atoms with van der Waals surface area (Å²) < 4.78 is 18.1. The molecule has 132 valence electrons. The molecule has 1 atom stereocenters. The van der Waals surface area contributed by atoms with Crippen LogP contribution in [0.5, 0.6) is 5.75 Å². The summed E-state index contributed by atoms with van der Waals surface area (Å²) in [7, 11) is 1.65. The predicted molar refractivity (Wildman–Crippen MR) is 94.9 cm³/mol. The van der Waals surface area contributed by atoms with Crippen molar-refractivity contribution in [1.29, 1.82) is 0 Å². The van der Waals surface area contributed by atoms with Gasteiger partial charge in [-0.05, 0) is 41.8 Å². The number of methoxy groups -OCH3 is 1. The number of carbonyl (C=O) groups excluding carboxylic acids is 1. The van der Waals surface area contributed by atoms with Crippen molar-refractivity contribution in [3.05, 3.63) is 65.5 Å². The largest absolute Gasteiger partial charge is 0.497 e. The minimum atomic E-state index is -0.233. The number of amides is 1. The molecule has 5 heteroatoms. The zero-order valence-corrected chi connectivity index (χ0v) is 14.4. The number of carbonyl (C=O) groups is 1. The van der Waals surface area contributed by atoms with Crippen LogP contribution in [0.2, 0.25) is 0 Å². The standard InChI is InChI=1S/C20H23FN2O2/c1-25-19-8-4-16(5-9-19)13-22-18-12-20(24)23(14-18)11-10-15-2-6-17(21)7-3-15/h2-9,18,22H,10-14H2,1H3/t18-/m0/s1. The molecule has 0 saturated carbocycles. The fourth-order valence-electron chi connectivity index (χ4n) is 3.05. The molecule has 0 bridgehead atoms. The number of halogens is 1. The van der Waals surface area contributed by atoms with Gasteiger partial charge in [0.1, 0.15) is 11.6 Å². The summed E-state index contributed by atoms with van der Waals surface area (Å²) in [5.74, 6) is 0.782. The van der Waals surface area contributed by atoms with Crippen molar-refractivity contribution in [3.63, 3.8) is 0 Å². The Kier molecular flexibility index (Phi) is 5.66. The number of ether oxygens (including phenoxy) is 1. The van der Waals surface area contributed by atoms with Crippen LogP contribution in [0.4, 0.5) is 4.39 Å². The Labute approximate surface area is 147 Å². The number of hydrogen-bond acceptors (Lipinski definition) is 3. The molecule has 4 nitrogen and oxygen atoms in total. The normalized spacial score (nSPS) is 17.1. The number of nitrogens with one attached hydrogen (secondary N) is 1. The van der Waals surface area contributed by atoms with E-state index in [4.69, 9.17) is 4.74 Å². The fourth-order valence-corrected chi connectivity index (χ4v) is 3.05. The Bertz CT molecular complexity index is 701. The third-order valence-electron chi connectivity index (χ3n) is 4.55. The molecular formula is C20H23FN2O2. The third-order valence-corrected chi connectivity index (χ3v) is 4.55. The number of likely N-dealkylation sites (tertiary alicyclic amines) is 1. The van der Waals surface area contributed by atoms with Crippen molar-refractivity contribution in [2.24, 2.45) is 0 Å². The molecule has 0 aliphatic carbocycles. The first-order valence-corrected chi connectivity index (χ1v) is 8.52. The lowest BCUT2D eigenvalue weighted by Crippen LogP contribution is -2.33. The molecule has 1 saturated heterocycles. The van der Waals surface area contributed by atoms with E-state index in [1.807, 2.05) is 29.2 Å². The van der Waals surface area contributed by atoms with E-state index in [9.17, 15) is 9.18 Å². The van der Waals surface area contributed by atoms with Crippen LogP contribution in [-0.2, 0) is 17.8 Å². The number of rotatable bonds is 7. The second-order valence-corrected chi connectivity index (χ2v) is 6.35. The maximum absolute atomic E-state index is 12.9. The summed E-state index contributed by atoms with van der Waals surface area (Å²) in [5.41, 5.74) is 2.21. The highest BCUT2D eigenvalue weighted by molar-refractivity contribution is 5.79. The summed E-state index contributed by atoms with van der Waals surface area (Å²) in [6.07, 6.45) is 1.27. The quantitative estimate of drug-likeness (QED) is 0.841. The number of nitrogens with zero attached hydrogens (tertiary/aromatic N) is 1. The van der Waals surface area contributed by atoms with Gasteiger partial charge in [-0.1, -0.05) is 24.3 Å². The SMILES string of the molecule is COc1ccc(CN[C@H]2CC(=O)N(CCc3ccc(F)cc3)C2)cc1. The summed E-state index contributed by atoms with van der Waals surface area (Å²) >= 11 is 0. The van der Waals surface area contributed by atoms with Gasteiger partial charge in [-0.15, -0.1) is 0 Å². The average Bonchev–Trinajstić information content (AvgIpc) is 3.00. The van der Waals surface area contributed by atoms with Crippen LogP contribution in [0.15, 0.2) is 48.5 Å². The minimum absolute atomic E-state index is 0.169. The van der Waals surface area contributed by atoms with Crippen molar-refractivity contribution in [2.75, 3.05) is 20.2 Å². The molecule has 1 fully saturated rings. The van der Waals surface area contributed by atoms with Crippen molar-refractivity contribution < 1.29 is 13.9 Å². The van der Waals surface area contributed by atoms with Gasteiger partial charge in [-0.25, -0.2) is 4.39 Å². The van der Waals surface area contributed by atoms with Crippen molar-refractivity contribution in [3.8, 4) is 5.75 Å². The minimum Gasteiger partial charge on any atom is -0.497 e. The highest BCUT2D eigenvalue weighted by atomic mass is 19.1. The molecule has 1 aliphatic rings. The number of hydrogen-bond donors (Lipinski definition) is 1. The van der Waals surface area contributed by atoms with Crippen molar-refractivity contribution >= 4 is 5.91 Å². The van der Waals surface area contributed by atoms with E-state index in [2.05, 4.69) is 5.32 Å². The molecule has 1 N–H and O–H groups in total. The van der Waals surface area contributed by atoms with Gasteiger partial charge < -0.3 is 15.0 Å². The van der Waals surface area contributed by atoms with Crippen molar-refractivity contribution in [1.82, 2.24) is 10.2 Å². The molecule has 2 aromatic rings. The van der Waals surface area contributed by atoms with E-state index < -0.39 is 0 Å². The van der Waals surface area contributed by atoms with Gasteiger partial charge >= 0.3 is 0 Å². The predicted octanol–water partition coefficient (Wildman–Crippen LogP) is 2.77. The molecule has 0 aromatic heterocycles. The summed E-state index contributed by atoms with van der Waals surface area (Å²) in [6, 6.07) is 14.6. The van der Waals surface area contributed by atoms with Crippen molar-refractivity contribution in [2.45, 2.75) is 25.4 Å². The zero-order chi connectivity index (χ0) is 17.6. The van der Waals surface area contributed by atoms with Crippen LogP contribution in [-0.4, -0.2) is 37.0 Å². The molecule has 3 rings (SSSR count). The second kappa shape index (κ2) is 8.12. The molecule has 1 aliphatic heterocycles. The zero-order valence-electron chi connectivity index (χ0n) is 14.4. The lowest BCUT2D eigenvalue weighted by molar-refractivity contribution is -0.127. The van der Waals surface area contributed by atoms with Crippen LogP contribution in [0, 0.1) is 5.82 Å². The molecule has 0 unspecified atom stereocenters. The summed E-state index contributed by atoms with van der Waals surface area (Å²) in [5, 5.41) is 3.45. The van der Waals surface area contributed by atoms with Crippen LogP contribution < -0.4 is 10.1 Å². The van der Waals surface area contributed by atoms with Crippen LogP contribution in [0.1, 0.15) is 17.5 Å². The topological polar surface area (TPSA) is 41.6 Å². The molecular weight excluding hydrogens is 319 g/mol. The van der Waals surface area contributed by atoms with Gasteiger partial charge in [-0.2, -0.15) is 0 Å². The fraction of sp³-hybridized carbons (Fsp3) is 0.350. The first-order valence-electron chi connectivity index (χ1n) is 8.52. The molecule has 0 radical (unpaired) electrons. The Balaban J connectivity index is 1.45. The maximum atomic E-state index is 12.9. The highest BCUT2D eigenvalue weighted by Crippen LogP contribution is 2.15. The summed E-state index contributed by atoms with van der Waals surface area (Å²) in [4.78, 5) is 14.0. The highest BCUT2D eigenvalue weighted by Gasteiger charge is 2.28. The Morgan fingerprint density at radius 1 is 1.12 bits per heavy atom. The number of benzene rings is 2. The average molecular weight is 342 g/mol. The first kappa shape index (κ1) is 17.4. The van der Waals surface area contributed by atoms with E-state index in [0.29, 0.717) is 13.0 Å². The molecule has 1 amide bonds. The lowest BCUT2D eigenvalue weighted by Gasteiger charge is -2.17. The van der Waals surface area contributed by atoms with E-state index in [0.717, 1.165) is 36.4 Å². The van der Waals surface area contributed by atoms with Gasteiger partial charge in [0.2, 0.25) is 5.91 Å². The Hall–Kier alpha value is -2.40. The van der Waals surface area contributed by atoms with Gasteiger partial charge in [0.15, 0.2) is 0 Å². The van der Waals surface area contributed by atoms with E-state index in [1.165, 1.54) is 12.1 Å². The lowest BCUT2D eigenvalue weighted by atomic mass is 10.1. The van der Waals surface area contributed by atoms with E-state index in [1.54, 1.807) is 19.2 Å². The van der Waals surface area contributed by atoms with Gasteiger partial charge in [0, 0.05) is 32.1 Å². The van der Waals surface area contributed by atoms with Crippen LogP contribution in [0.25, 0.3) is 0 Å². The Morgan fingerprint density at radius 2 is 1.80 bits per heavy atom. The monoisotopic (exact) mass is 342 g/mol. The van der Waals surface area contributed by atoms with Gasteiger partial charge in [0.25, 0.3) is 0 Å².